The van der Waals surface area contributed by atoms with Gasteiger partial charge < -0.3 is 10.4 Å². The highest BCUT2D eigenvalue weighted by Crippen LogP contribution is 2.26. The van der Waals surface area contributed by atoms with Crippen LogP contribution in [0.3, 0.4) is 0 Å². The van der Waals surface area contributed by atoms with E-state index in [9.17, 15) is 4.79 Å². The lowest BCUT2D eigenvalue weighted by atomic mass is 9.86. The molecular weight excluding hydrogens is 250 g/mol. The Morgan fingerprint density at radius 2 is 1.55 bits per heavy atom. The van der Waals surface area contributed by atoms with Gasteiger partial charge in [-0.1, -0.05) is 52.0 Å². The summed E-state index contributed by atoms with van der Waals surface area (Å²) in [6.07, 6.45) is 0. The molecule has 0 fully saturated rings. The summed E-state index contributed by atoms with van der Waals surface area (Å²) in [5.74, 6) is 0.514. The molecule has 1 aromatic carbocycles. The smallest absolute Gasteiger partial charge is 0.228 e. The van der Waals surface area contributed by atoms with Crippen LogP contribution in [0.2, 0.25) is 0 Å². The number of carbonyl (C=O) groups excluding carboxylic acids is 1. The van der Waals surface area contributed by atoms with Crippen LogP contribution in [0.25, 0.3) is 0 Å². The molecule has 3 nitrogen and oxygen atoms in total. The Morgan fingerprint density at radius 3 is 1.95 bits per heavy atom. The highest BCUT2D eigenvalue weighted by atomic mass is 16.3. The molecule has 2 N–H and O–H groups in total. The normalized spacial score (nSPS) is 14.4. The van der Waals surface area contributed by atoms with E-state index >= 15 is 0 Å². The first kappa shape index (κ1) is 16.7. The zero-order valence-corrected chi connectivity index (χ0v) is 13.2. The molecule has 0 heterocycles. The van der Waals surface area contributed by atoms with E-state index in [0.717, 1.165) is 5.56 Å². The molecule has 0 radical (unpaired) electrons. The van der Waals surface area contributed by atoms with Crippen LogP contribution < -0.4 is 5.32 Å². The van der Waals surface area contributed by atoms with E-state index in [1.165, 1.54) is 5.56 Å². The van der Waals surface area contributed by atoms with Crippen molar-refractivity contribution in [1.29, 1.82) is 0 Å². The fourth-order valence-corrected chi connectivity index (χ4v) is 2.31. The lowest BCUT2D eigenvalue weighted by Gasteiger charge is -2.23. The molecule has 0 aromatic heterocycles. The summed E-state index contributed by atoms with van der Waals surface area (Å²) in [7, 11) is 0. The summed E-state index contributed by atoms with van der Waals surface area (Å²) in [6.45, 7) is 10.2. The Hall–Kier alpha value is -1.35. The second kappa shape index (κ2) is 7.44. The van der Waals surface area contributed by atoms with Crippen LogP contribution in [-0.2, 0) is 4.79 Å². The van der Waals surface area contributed by atoms with Crippen molar-refractivity contribution in [3.05, 3.63) is 35.4 Å². The first-order valence-electron chi connectivity index (χ1n) is 7.37. The predicted octanol–water partition coefficient (Wildman–Crippen LogP) is 3.05. The topological polar surface area (TPSA) is 49.3 Å². The molecular formula is C17H27NO2. The van der Waals surface area contributed by atoms with E-state index in [1.807, 2.05) is 26.0 Å². The summed E-state index contributed by atoms with van der Waals surface area (Å²) in [4.78, 5) is 12.4. The molecule has 0 saturated heterocycles. The molecule has 0 aliphatic carbocycles. The summed E-state index contributed by atoms with van der Waals surface area (Å²) in [5, 5.41) is 11.9. The molecule has 1 amide bonds. The molecule has 0 aliphatic heterocycles. The fraction of sp³-hybridized carbons (Fsp3) is 0.588. The SMILES string of the molecule is CC(C)c1ccc(C(C(=O)N[C@@H](C)CO)C(C)C)cc1. The quantitative estimate of drug-likeness (QED) is 0.839. The zero-order valence-electron chi connectivity index (χ0n) is 13.2. The standard InChI is InChI=1S/C17H27NO2/c1-11(2)14-6-8-15(9-7-14)16(12(3)4)17(20)18-13(5)10-19/h6-9,11-13,16,19H,10H2,1-5H3,(H,18,20)/t13-,16?/m0/s1. The first-order valence-corrected chi connectivity index (χ1v) is 7.37. The average molecular weight is 277 g/mol. The minimum absolute atomic E-state index is 0.0150. The predicted molar refractivity (Wildman–Crippen MR) is 82.8 cm³/mol. The van der Waals surface area contributed by atoms with Gasteiger partial charge in [0.1, 0.15) is 0 Å². The van der Waals surface area contributed by atoms with Crippen LogP contribution in [0.4, 0.5) is 0 Å². The van der Waals surface area contributed by atoms with Crippen LogP contribution in [0.5, 0.6) is 0 Å². The van der Waals surface area contributed by atoms with E-state index in [-0.39, 0.29) is 30.4 Å². The molecule has 0 saturated carbocycles. The summed E-state index contributed by atoms with van der Waals surface area (Å²) in [6, 6.07) is 8.07. The number of nitrogens with one attached hydrogen (secondary N) is 1. The van der Waals surface area contributed by atoms with Crippen molar-refractivity contribution in [3.8, 4) is 0 Å². The number of aliphatic hydroxyl groups is 1. The van der Waals surface area contributed by atoms with E-state index in [1.54, 1.807) is 6.92 Å². The van der Waals surface area contributed by atoms with E-state index < -0.39 is 0 Å². The van der Waals surface area contributed by atoms with Gasteiger partial charge in [0.2, 0.25) is 5.91 Å². The van der Waals surface area contributed by atoms with Gasteiger partial charge in [-0.3, -0.25) is 4.79 Å². The van der Waals surface area contributed by atoms with Gasteiger partial charge in [0.15, 0.2) is 0 Å². The van der Waals surface area contributed by atoms with Gasteiger partial charge in [-0.15, -0.1) is 0 Å². The molecule has 112 valence electrons. The second-order valence-corrected chi connectivity index (χ2v) is 6.14. The van der Waals surface area contributed by atoms with Gasteiger partial charge in [-0.05, 0) is 29.9 Å². The third-order valence-electron chi connectivity index (χ3n) is 3.57. The maximum atomic E-state index is 12.4. The van der Waals surface area contributed by atoms with Gasteiger partial charge in [0.05, 0.1) is 12.5 Å². The van der Waals surface area contributed by atoms with Gasteiger partial charge in [-0.25, -0.2) is 0 Å². The number of aliphatic hydroxyl groups excluding tert-OH is 1. The molecule has 0 spiro atoms. The molecule has 20 heavy (non-hydrogen) atoms. The van der Waals surface area contributed by atoms with Gasteiger partial charge >= 0.3 is 0 Å². The summed E-state index contributed by atoms with van der Waals surface area (Å²) >= 11 is 0. The number of hydrogen-bond donors (Lipinski definition) is 2. The molecule has 3 heteroatoms. The third kappa shape index (κ3) is 4.34. The first-order chi connectivity index (χ1) is 9.36. The minimum atomic E-state index is -0.210. The van der Waals surface area contributed by atoms with Crippen molar-refractivity contribution in [3.63, 3.8) is 0 Å². The molecule has 0 bridgehead atoms. The van der Waals surface area contributed by atoms with Crippen LogP contribution in [0.15, 0.2) is 24.3 Å². The van der Waals surface area contributed by atoms with Crippen LogP contribution in [0.1, 0.15) is 57.6 Å². The maximum Gasteiger partial charge on any atom is 0.228 e. The fourth-order valence-electron chi connectivity index (χ4n) is 2.31. The Balaban J connectivity index is 2.93. The zero-order chi connectivity index (χ0) is 15.3. The summed E-state index contributed by atoms with van der Waals surface area (Å²) in [5.41, 5.74) is 2.31. The van der Waals surface area contributed by atoms with Gasteiger partial charge in [-0.2, -0.15) is 0 Å². The van der Waals surface area contributed by atoms with Crippen LogP contribution >= 0.6 is 0 Å². The van der Waals surface area contributed by atoms with Gasteiger partial charge in [0, 0.05) is 6.04 Å². The number of carbonyl (C=O) groups is 1. The largest absolute Gasteiger partial charge is 0.394 e. The van der Waals surface area contributed by atoms with Crippen molar-refractivity contribution in [2.24, 2.45) is 5.92 Å². The Kier molecular flexibility index (Phi) is 6.21. The van der Waals surface area contributed by atoms with Crippen molar-refractivity contribution in [1.82, 2.24) is 5.32 Å². The lowest BCUT2D eigenvalue weighted by molar-refractivity contribution is -0.124. The van der Waals surface area contributed by atoms with Gasteiger partial charge in [0.25, 0.3) is 0 Å². The number of rotatable bonds is 6. The second-order valence-electron chi connectivity index (χ2n) is 6.14. The van der Waals surface area contributed by atoms with E-state index in [2.05, 4.69) is 31.3 Å². The molecule has 2 atom stereocenters. The summed E-state index contributed by atoms with van der Waals surface area (Å²) < 4.78 is 0. The average Bonchev–Trinajstić information content (AvgIpc) is 2.38. The molecule has 0 aliphatic rings. The monoisotopic (exact) mass is 277 g/mol. The van der Waals surface area contributed by atoms with Crippen molar-refractivity contribution in [2.45, 2.75) is 52.5 Å². The Morgan fingerprint density at radius 1 is 1.05 bits per heavy atom. The minimum Gasteiger partial charge on any atom is -0.394 e. The van der Waals surface area contributed by atoms with Crippen LogP contribution in [0, 0.1) is 5.92 Å². The Labute approximate surface area is 122 Å². The Bertz CT molecular complexity index is 423. The third-order valence-corrected chi connectivity index (χ3v) is 3.57. The van der Waals surface area contributed by atoms with Crippen molar-refractivity contribution >= 4 is 5.91 Å². The highest BCUT2D eigenvalue weighted by molar-refractivity contribution is 5.84. The van der Waals surface area contributed by atoms with Crippen LogP contribution in [-0.4, -0.2) is 23.7 Å². The molecule has 1 rings (SSSR count). The van der Waals surface area contributed by atoms with E-state index in [0.29, 0.717) is 5.92 Å². The maximum absolute atomic E-state index is 12.4. The number of hydrogen-bond acceptors (Lipinski definition) is 2. The highest BCUT2D eigenvalue weighted by Gasteiger charge is 2.25. The molecule has 1 unspecified atom stereocenters. The van der Waals surface area contributed by atoms with Crippen molar-refractivity contribution in [2.75, 3.05) is 6.61 Å². The van der Waals surface area contributed by atoms with E-state index in [4.69, 9.17) is 5.11 Å². The van der Waals surface area contributed by atoms with Crippen molar-refractivity contribution < 1.29 is 9.90 Å². The molecule has 1 aromatic rings. The number of amides is 1. The lowest BCUT2D eigenvalue weighted by Crippen LogP contribution is -2.39. The number of benzene rings is 1.